The van der Waals surface area contributed by atoms with Crippen LogP contribution in [-0.4, -0.2) is 88.0 Å². The molecule has 0 bridgehead atoms. The quantitative estimate of drug-likeness (QED) is 0.0263. The first kappa shape index (κ1) is 37.1. The van der Waals surface area contributed by atoms with E-state index < -0.39 is 41.4 Å². The Balaban J connectivity index is 2.27. The molecular weight excluding hydrogens is 600 g/mol. The van der Waals surface area contributed by atoms with Crippen molar-refractivity contribution in [2.24, 2.45) is 24.2 Å². The van der Waals surface area contributed by atoms with Crippen molar-refractivity contribution in [1.82, 2.24) is 30.8 Å². The number of amides is 2. The van der Waals surface area contributed by atoms with Crippen LogP contribution in [0.4, 0.5) is 0 Å². The van der Waals surface area contributed by atoms with Gasteiger partial charge in [-0.3, -0.25) is 15.0 Å². The van der Waals surface area contributed by atoms with Crippen molar-refractivity contribution >= 4 is 42.2 Å². The summed E-state index contributed by atoms with van der Waals surface area (Å²) in [5, 5.41) is 28.2. The van der Waals surface area contributed by atoms with Gasteiger partial charge in [-0.1, -0.05) is 36.8 Å². The second kappa shape index (κ2) is 18.6. The normalized spacial score (nSPS) is 14.4. The zero-order chi connectivity index (χ0) is 33.4. The first-order chi connectivity index (χ1) is 21.4. The lowest BCUT2D eigenvalue weighted by atomic mass is 9.93. The third kappa shape index (κ3) is 12.4. The predicted molar refractivity (Wildman–Crippen MR) is 173 cm³/mol. The number of benzene rings is 1. The highest BCUT2D eigenvalue weighted by atomic mass is 32.1. The molecule has 2 unspecified atom stereocenters. The molecule has 1 aromatic heterocycles. The molecule has 0 saturated carbocycles. The maximum Gasteiger partial charge on any atom is 0.326 e. The fraction of sp³-hybridized carbons (Fsp3) is 0.517. The summed E-state index contributed by atoms with van der Waals surface area (Å²) in [6.45, 7) is 0.580. The number of guanidine groups is 1. The smallest absolute Gasteiger partial charge is 0.326 e. The van der Waals surface area contributed by atoms with Crippen molar-refractivity contribution in [3.8, 4) is 0 Å². The van der Waals surface area contributed by atoms with Crippen LogP contribution in [0.3, 0.4) is 0 Å². The van der Waals surface area contributed by atoms with Crippen molar-refractivity contribution in [3.05, 3.63) is 52.6 Å². The number of unbranched alkanes of at least 4 members (excludes halogenated alkanes) is 1. The fourth-order valence-electron chi connectivity index (χ4n) is 4.69. The van der Waals surface area contributed by atoms with E-state index in [4.69, 9.17) is 34.8 Å². The summed E-state index contributed by atoms with van der Waals surface area (Å²) in [6, 6.07) is 5.89. The summed E-state index contributed by atoms with van der Waals surface area (Å²) < 4.78 is 2.08. The Hall–Kier alpha value is -4.12. The Morgan fingerprint density at radius 3 is 2.42 bits per heavy atom. The average Bonchev–Trinajstić information content (AvgIpc) is 3.32. The van der Waals surface area contributed by atoms with Gasteiger partial charge in [0.15, 0.2) is 10.7 Å². The average molecular weight is 647 g/mol. The number of aromatic nitrogens is 2. The van der Waals surface area contributed by atoms with Gasteiger partial charge in [0.2, 0.25) is 11.8 Å². The molecule has 2 rings (SSSR count). The van der Waals surface area contributed by atoms with E-state index in [1.807, 2.05) is 6.07 Å². The first-order valence-electron chi connectivity index (χ1n) is 14.8. The minimum atomic E-state index is -1.54. The summed E-state index contributed by atoms with van der Waals surface area (Å²) in [5.74, 6) is -2.52. The highest BCUT2D eigenvalue weighted by Crippen LogP contribution is 2.14. The van der Waals surface area contributed by atoms with Crippen LogP contribution in [0.25, 0.3) is 0 Å². The van der Waals surface area contributed by atoms with Gasteiger partial charge in [0.05, 0.1) is 12.1 Å². The molecule has 2 amide bonds. The third-order valence-corrected chi connectivity index (χ3v) is 7.75. The molecule has 0 spiro atoms. The predicted octanol–water partition coefficient (Wildman–Crippen LogP) is -0.831. The molecule has 1 aromatic carbocycles. The largest absolute Gasteiger partial charge is 0.480 e. The number of hydrogen-bond acceptors (Lipinski definition) is 9. The molecule has 4 atom stereocenters. The van der Waals surface area contributed by atoms with Crippen LogP contribution in [0.1, 0.15) is 43.4 Å². The lowest BCUT2D eigenvalue weighted by Crippen LogP contribution is -2.63. The highest BCUT2D eigenvalue weighted by molar-refractivity contribution is 7.71. The number of carbonyl (C=O) groups is 4. The summed E-state index contributed by atoms with van der Waals surface area (Å²) in [5.41, 5.74) is 16.9. The number of nitrogens with one attached hydrogen (secondary N) is 6. The lowest BCUT2D eigenvalue weighted by Gasteiger charge is -2.33. The molecule has 0 saturated heterocycles. The van der Waals surface area contributed by atoms with Gasteiger partial charge >= 0.3 is 5.97 Å². The number of carboxylic acid groups (broad SMARTS) is 1. The van der Waals surface area contributed by atoms with Gasteiger partial charge in [-0.05, 0) is 50.0 Å². The van der Waals surface area contributed by atoms with E-state index in [0.29, 0.717) is 55.5 Å². The van der Waals surface area contributed by atoms with Gasteiger partial charge < -0.3 is 57.9 Å². The minimum Gasteiger partial charge on any atom is -0.480 e. The third-order valence-electron chi connectivity index (χ3n) is 7.36. The zero-order valence-corrected chi connectivity index (χ0v) is 26.3. The van der Waals surface area contributed by atoms with E-state index in [9.17, 15) is 24.3 Å². The van der Waals surface area contributed by atoms with Gasteiger partial charge in [0.25, 0.3) is 0 Å². The standard InChI is InChI=1S/C29H46N10O5S/c1-39-20(16-35-28(39)45)15-29(18-40,38-24(41)21(31)10-7-13-34-27(32)33)17-36-22(11-5-6-12-30)25(42)37-23(26(43)44)14-19-8-3-2-4-9-19/h2-4,8-9,16,18,21-23,36H,5-7,10-15,17,30-31H2,1H3,(H,35,45)(H,37,42)(H,38,41)(H,43,44)(H4,32,33,34)/t21?,22-,23-,29?/m0/s1. The number of carbonyl (C=O) groups excluding carboxylic acids is 3. The maximum atomic E-state index is 13.5. The number of nitrogens with two attached hydrogens (primary N) is 3. The van der Waals surface area contributed by atoms with E-state index in [1.54, 1.807) is 42.1 Å². The van der Waals surface area contributed by atoms with Crippen LogP contribution >= 0.6 is 12.2 Å². The molecule has 15 nitrogen and oxygen atoms in total. The van der Waals surface area contributed by atoms with Crippen molar-refractivity contribution in [2.75, 3.05) is 19.6 Å². The Kier molecular flexibility index (Phi) is 15.3. The molecule has 16 heteroatoms. The molecule has 1 heterocycles. The minimum absolute atomic E-state index is 0.0143. The summed E-state index contributed by atoms with van der Waals surface area (Å²) >= 11 is 5.27. The van der Waals surface area contributed by atoms with Crippen molar-refractivity contribution in [2.45, 2.75) is 68.6 Å². The Morgan fingerprint density at radius 1 is 1.13 bits per heavy atom. The number of rotatable bonds is 21. The number of hydrogen-bond donors (Lipinski definition) is 10. The molecule has 0 fully saturated rings. The highest BCUT2D eigenvalue weighted by Gasteiger charge is 2.36. The Bertz CT molecular complexity index is 1330. The number of aliphatic carboxylic acids is 1. The van der Waals surface area contributed by atoms with Crippen LogP contribution in [-0.2, 0) is 39.1 Å². The van der Waals surface area contributed by atoms with Crippen molar-refractivity contribution < 1.29 is 24.3 Å². The van der Waals surface area contributed by atoms with Gasteiger partial charge in [0.1, 0.15) is 17.9 Å². The van der Waals surface area contributed by atoms with Crippen molar-refractivity contribution in [1.29, 1.82) is 5.41 Å². The van der Waals surface area contributed by atoms with Crippen LogP contribution in [0.2, 0.25) is 0 Å². The van der Waals surface area contributed by atoms with Gasteiger partial charge in [-0.25, -0.2) is 4.79 Å². The molecule has 0 aliphatic rings. The second-order valence-corrected chi connectivity index (χ2v) is 11.4. The topological polar surface area (TPSA) is 259 Å². The number of aromatic amines is 1. The maximum absolute atomic E-state index is 13.5. The summed E-state index contributed by atoms with van der Waals surface area (Å²) in [6.07, 6.45) is 4.52. The molecule has 45 heavy (non-hydrogen) atoms. The summed E-state index contributed by atoms with van der Waals surface area (Å²) in [4.78, 5) is 54.4. The van der Waals surface area contributed by atoms with E-state index in [0.717, 1.165) is 5.56 Å². The molecule has 0 aliphatic carbocycles. The van der Waals surface area contributed by atoms with Gasteiger partial charge in [-0.2, -0.15) is 0 Å². The van der Waals surface area contributed by atoms with Crippen LogP contribution in [0, 0.1) is 10.2 Å². The Morgan fingerprint density at radius 2 is 1.84 bits per heavy atom. The fourth-order valence-corrected chi connectivity index (χ4v) is 4.86. The molecule has 0 aliphatic heterocycles. The Labute approximate surface area is 267 Å². The zero-order valence-electron chi connectivity index (χ0n) is 25.5. The van der Waals surface area contributed by atoms with E-state index in [-0.39, 0.29) is 31.8 Å². The molecule has 248 valence electrons. The molecule has 2 aromatic rings. The van der Waals surface area contributed by atoms with Crippen molar-refractivity contribution in [3.63, 3.8) is 0 Å². The van der Waals surface area contributed by atoms with Crippen LogP contribution in [0.15, 0.2) is 36.5 Å². The van der Waals surface area contributed by atoms with Crippen LogP contribution < -0.4 is 38.5 Å². The number of carboxylic acids is 1. The SMILES string of the molecule is Cn1c(CC(C=O)(CN[C@@H](CCCCN)C(=O)N[C@@H](Cc2ccccc2)C(=O)O)NC(=O)C(N)CCCNC(=N)N)c[nH]c1=S. The molecule has 13 N–H and O–H groups in total. The molecule has 0 radical (unpaired) electrons. The number of imidazole rings is 1. The number of H-pyrrole nitrogens is 1. The van der Waals surface area contributed by atoms with Gasteiger partial charge in [-0.15, -0.1) is 0 Å². The van der Waals surface area contributed by atoms with Gasteiger partial charge in [0, 0.05) is 44.9 Å². The molecular formula is C29H46N10O5S. The van der Waals surface area contributed by atoms with E-state index in [1.165, 1.54) is 0 Å². The first-order valence-corrected chi connectivity index (χ1v) is 15.2. The second-order valence-electron chi connectivity index (χ2n) is 11.0. The number of nitrogens with zero attached hydrogens (tertiary/aromatic N) is 1. The van der Waals surface area contributed by atoms with E-state index >= 15 is 0 Å². The monoisotopic (exact) mass is 646 g/mol. The number of aldehydes is 1. The van der Waals surface area contributed by atoms with E-state index in [2.05, 4.69) is 26.3 Å². The lowest BCUT2D eigenvalue weighted by molar-refractivity contribution is -0.142. The summed E-state index contributed by atoms with van der Waals surface area (Å²) in [7, 11) is 1.72. The van der Waals surface area contributed by atoms with Crippen LogP contribution in [0.5, 0.6) is 0 Å².